The number of terminal acetylenes is 1. The van der Waals surface area contributed by atoms with E-state index in [1.807, 2.05) is 24.3 Å². The lowest BCUT2D eigenvalue weighted by atomic mass is 10.1. The molecule has 0 radical (unpaired) electrons. The smallest absolute Gasteiger partial charge is 0.254 e. The van der Waals surface area contributed by atoms with E-state index >= 15 is 0 Å². The zero-order chi connectivity index (χ0) is 20.4. The van der Waals surface area contributed by atoms with Crippen molar-refractivity contribution >= 4 is 37.5 Å². The first kappa shape index (κ1) is 19.6. The number of aromatic nitrogens is 1. The van der Waals surface area contributed by atoms with E-state index in [-0.39, 0.29) is 23.4 Å². The Morgan fingerprint density at radius 3 is 2.90 bits per heavy atom. The van der Waals surface area contributed by atoms with Crippen LogP contribution in [-0.4, -0.2) is 37.3 Å². The number of carbonyl (C=O) groups is 1. The number of sulfonamides is 1. The summed E-state index contributed by atoms with van der Waals surface area (Å²) in [6.07, 6.45) is 6.85. The van der Waals surface area contributed by atoms with E-state index in [1.54, 1.807) is 28.4 Å². The van der Waals surface area contributed by atoms with Crippen LogP contribution in [0.3, 0.4) is 0 Å². The van der Waals surface area contributed by atoms with Crippen molar-refractivity contribution in [3.8, 4) is 12.3 Å². The molecule has 148 valence electrons. The van der Waals surface area contributed by atoms with Crippen LogP contribution in [0.5, 0.6) is 0 Å². The monoisotopic (exact) mass is 425 g/mol. The molecule has 2 aromatic carbocycles. The molecule has 1 saturated heterocycles. The van der Waals surface area contributed by atoms with E-state index in [1.165, 1.54) is 12.1 Å². The van der Waals surface area contributed by atoms with Crippen LogP contribution in [0.15, 0.2) is 53.4 Å². The van der Waals surface area contributed by atoms with E-state index in [2.05, 4.69) is 10.6 Å². The number of fused-ring (bicyclic) bond motifs is 1. The topological polar surface area (TPSA) is 79.4 Å². The van der Waals surface area contributed by atoms with Crippen LogP contribution < -0.4 is 4.72 Å². The molecule has 0 aliphatic carbocycles. The van der Waals surface area contributed by atoms with E-state index in [4.69, 9.17) is 11.4 Å². The zero-order valence-corrected chi connectivity index (χ0v) is 17.2. The number of hydrogen-bond acceptors (Lipinski definition) is 5. The zero-order valence-electron chi connectivity index (χ0n) is 15.5. The third-order valence-corrected chi connectivity index (χ3v) is 7.40. The van der Waals surface area contributed by atoms with E-state index in [0.29, 0.717) is 12.1 Å². The Kier molecular flexibility index (Phi) is 5.37. The van der Waals surface area contributed by atoms with Gasteiger partial charge in [-0.25, -0.2) is 13.4 Å². The molecule has 1 N–H and O–H groups in total. The van der Waals surface area contributed by atoms with Gasteiger partial charge >= 0.3 is 0 Å². The molecule has 0 bridgehead atoms. The average molecular weight is 426 g/mol. The van der Waals surface area contributed by atoms with Gasteiger partial charge in [-0.05, 0) is 43.2 Å². The fourth-order valence-corrected chi connectivity index (χ4v) is 5.58. The number of carbonyl (C=O) groups excluding carboxylic acids is 1. The van der Waals surface area contributed by atoms with Crippen LogP contribution in [0.25, 0.3) is 10.2 Å². The number of thiazole rings is 1. The Morgan fingerprint density at radius 2 is 2.10 bits per heavy atom. The predicted octanol–water partition coefficient (Wildman–Crippen LogP) is 3.19. The number of amides is 1. The summed E-state index contributed by atoms with van der Waals surface area (Å²) in [5, 5.41) is 0.913. The number of nitrogens with zero attached hydrogens (tertiary/aromatic N) is 2. The Morgan fingerprint density at radius 1 is 1.28 bits per heavy atom. The van der Waals surface area contributed by atoms with Gasteiger partial charge in [0, 0.05) is 12.1 Å². The minimum absolute atomic E-state index is 0.0225. The quantitative estimate of drug-likeness (QED) is 0.637. The Balaban J connectivity index is 1.62. The maximum atomic E-state index is 13.2. The molecule has 1 fully saturated rings. The Bertz CT molecular complexity index is 1180. The number of benzene rings is 2. The molecule has 1 unspecified atom stereocenters. The molecular formula is C21H19N3O3S2. The van der Waals surface area contributed by atoms with Crippen molar-refractivity contribution in [3.63, 3.8) is 0 Å². The fraction of sp³-hybridized carbons (Fsp3) is 0.238. The molecule has 1 atom stereocenters. The second-order valence-electron chi connectivity index (χ2n) is 6.73. The van der Waals surface area contributed by atoms with Gasteiger partial charge in [0.2, 0.25) is 10.0 Å². The summed E-state index contributed by atoms with van der Waals surface area (Å²) in [6.45, 7) is 0.512. The van der Waals surface area contributed by atoms with Gasteiger partial charge in [-0.3, -0.25) is 4.79 Å². The molecule has 6 nitrogen and oxygen atoms in total. The Hall–Kier alpha value is -2.73. The van der Waals surface area contributed by atoms with Crippen molar-refractivity contribution in [3.05, 3.63) is 59.1 Å². The van der Waals surface area contributed by atoms with Crippen molar-refractivity contribution in [1.29, 1.82) is 0 Å². The molecule has 1 aromatic heterocycles. The number of nitrogens with one attached hydrogen (secondary N) is 1. The summed E-state index contributed by atoms with van der Waals surface area (Å²) < 4.78 is 28.1. The SMILES string of the molecule is C#CCNS(=O)(=O)c1cccc(C(=O)N2CCCC2c2nc3ccccc3s2)c1. The van der Waals surface area contributed by atoms with Gasteiger partial charge in [0.05, 0.1) is 27.7 Å². The molecule has 4 rings (SSSR count). The third kappa shape index (κ3) is 3.90. The van der Waals surface area contributed by atoms with Crippen molar-refractivity contribution in [2.45, 2.75) is 23.8 Å². The van der Waals surface area contributed by atoms with Crippen LogP contribution >= 0.6 is 11.3 Å². The second-order valence-corrected chi connectivity index (χ2v) is 9.56. The summed E-state index contributed by atoms with van der Waals surface area (Å²) in [6, 6.07) is 13.9. The minimum Gasteiger partial charge on any atom is -0.329 e. The molecule has 2 heterocycles. The molecular weight excluding hydrogens is 406 g/mol. The molecule has 1 aliphatic rings. The maximum Gasteiger partial charge on any atom is 0.254 e. The lowest BCUT2D eigenvalue weighted by Crippen LogP contribution is -2.31. The minimum atomic E-state index is -3.76. The van der Waals surface area contributed by atoms with Gasteiger partial charge in [-0.15, -0.1) is 17.8 Å². The van der Waals surface area contributed by atoms with Crippen molar-refractivity contribution in [1.82, 2.24) is 14.6 Å². The molecule has 0 spiro atoms. The van der Waals surface area contributed by atoms with Gasteiger partial charge < -0.3 is 4.90 Å². The fourth-order valence-electron chi connectivity index (χ4n) is 3.48. The normalized spacial score (nSPS) is 16.8. The van der Waals surface area contributed by atoms with Crippen LogP contribution in [0, 0.1) is 12.3 Å². The number of rotatable bonds is 5. The Labute approximate surface area is 173 Å². The van der Waals surface area contributed by atoms with Gasteiger partial charge in [0.15, 0.2) is 0 Å². The molecule has 1 amide bonds. The summed E-state index contributed by atoms with van der Waals surface area (Å²) in [5.41, 5.74) is 1.26. The van der Waals surface area contributed by atoms with E-state index in [0.717, 1.165) is 28.1 Å². The van der Waals surface area contributed by atoms with E-state index in [9.17, 15) is 13.2 Å². The molecule has 8 heteroatoms. The first-order valence-electron chi connectivity index (χ1n) is 9.19. The summed E-state index contributed by atoms with van der Waals surface area (Å²) in [7, 11) is -3.76. The van der Waals surface area contributed by atoms with Crippen LogP contribution in [-0.2, 0) is 10.0 Å². The van der Waals surface area contributed by atoms with Gasteiger partial charge in [-0.2, -0.15) is 4.72 Å². The predicted molar refractivity (Wildman–Crippen MR) is 113 cm³/mol. The summed E-state index contributed by atoms with van der Waals surface area (Å²) in [4.78, 5) is 19.7. The highest BCUT2D eigenvalue weighted by Gasteiger charge is 2.33. The molecule has 29 heavy (non-hydrogen) atoms. The number of para-hydroxylation sites is 1. The first-order chi connectivity index (χ1) is 14.0. The molecule has 1 aliphatic heterocycles. The van der Waals surface area contributed by atoms with E-state index < -0.39 is 10.0 Å². The standard InChI is InChI=1S/C21H19N3O3S2/c1-2-12-22-29(26,27)16-8-5-7-15(14-16)21(25)24-13-6-10-18(24)20-23-17-9-3-4-11-19(17)28-20/h1,3-5,7-9,11,14,18,22H,6,10,12-13H2. The van der Waals surface area contributed by atoms with Gasteiger partial charge in [0.1, 0.15) is 5.01 Å². The van der Waals surface area contributed by atoms with Crippen LogP contribution in [0.2, 0.25) is 0 Å². The molecule has 3 aromatic rings. The van der Waals surface area contributed by atoms with Gasteiger partial charge in [-0.1, -0.05) is 24.1 Å². The van der Waals surface area contributed by atoms with Gasteiger partial charge in [0.25, 0.3) is 5.91 Å². The highest BCUT2D eigenvalue weighted by molar-refractivity contribution is 7.89. The number of likely N-dealkylation sites (tertiary alicyclic amines) is 1. The van der Waals surface area contributed by atoms with Crippen molar-refractivity contribution in [2.24, 2.45) is 0 Å². The lowest BCUT2D eigenvalue weighted by molar-refractivity contribution is 0.0735. The lowest BCUT2D eigenvalue weighted by Gasteiger charge is -2.23. The van der Waals surface area contributed by atoms with Crippen LogP contribution in [0.1, 0.15) is 34.2 Å². The summed E-state index contributed by atoms with van der Waals surface area (Å²) >= 11 is 1.60. The average Bonchev–Trinajstić information content (AvgIpc) is 3.38. The highest BCUT2D eigenvalue weighted by atomic mass is 32.2. The summed E-state index contributed by atoms with van der Waals surface area (Å²) in [5.74, 6) is 2.05. The highest BCUT2D eigenvalue weighted by Crippen LogP contribution is 2.37. The first-order valence-corrected chi connectivity index (χ1v) is 11.5. The molecule has 0 saturated carbocycles. The number of hydrogen-bond donors (Lipinski definition) is 1. The third-order valence-electron chi connectivity index (χ3n) is 4.86. The largest absolute Gasteiger partial charge is 0.329 e. The van der Waals surface area contributed by atoms with Crippen molar-refractivity contribution < 1.29 is 13.2 Å². The van der Waals surface area contributed by atoms with Crippen molar-refractivity contribution in [2.75, 3.05) is 13.1 Å². The maximum absolute atomic E-state index is 13.2. The second kappa shape index (κ2) is 7.95. The van der Waals surface area contributed by atoms with Crippen LogP contribution in [0.4, 0.5) is 0 Å².